The molecule has 0 amide bonds. The minimum absolute atomic E-state index is 0.0305. The van der Waals surface area contributed by atoms with Gasteiger partial charge in [0.15, 0.2) is 6.19 Å². The summed E-state index contributed by atoms with van der Waals surface area (Å²) in [5.41, 5.74) is -1.04. The smallest absolute Gasteiger partial charge is 0.353 e. The Bertz CT molecular complexity index is 613. The molecule has 1 unspecified atom stereocenters. The van der Waals surface area contributed by atoms with Gasteiger partial charge < -0.3 is 5.32 Å². The summed E-state index contributed by atoms with van der Waals surface area (Å²) >= 11 is 0. The highest BCUT2D eigenvalue weighted by molar-refractivity contribution is 5.84. The van der Waals surface area contributed by atoms with Crippen LogP contribution in [0, 0.1) is 17.4 Å². The maximum Gasteiger partial charge on any atom is 0.418 e. The van der Waals surface area contributed by atoms with Crippen molar-refractivity contribution in [1.29, 1.82) is 5.26 Å². The molecule has 1 saturated carbocycles. The lowest BCUT2D eigenvalue weighted by molar-refractivity contribution is -0.137. The normalized spacial score (nSPS) is 17.9. The minimum Gasteiger partial charge on any atom is -0.353 e. The van der Waals surface area contributed by atoms with Crippen LogP contribution in [0.2, 0.25) is 0 Å². The Kier molecular flexibility index (Phi) is 6.07. The van der Waals surface area contributed by atoms with Crippen LogP contribution in [0.1, 0.15) is 44.6 Å². The Hall–Kier alpha value is -2.23. The first-order valence-corrected chi connectivity index (χ1v) is 8.08. The number of rotatable bonds is 3. The Balaban J connectivity index is 2.21. The summed E-state index contributed by atoms with van der Waals surface area (Å²) in [6, 6.07) is 5.10. The third-order valence-corrected chi connectivity index (χ3v) is 4.34. The average Bonchev–Trinajstić information content (AvgIpc) is 2.55. The molecule has 7 heteroatoms. The molecule has 24 heavy (non-hydrogen) atoms. The summed E-state index contributed by atoms with van der Waals surface area (Å²) in [5, 5.41) is 14.3. The van der Waals surface area contributed by atoms with Gasteiger partial charge >= 0.3 is 6.18 Å². The van der Waals surface area contributed by atoms with Gasteiger partial charge in [-0.05, 0) is 37.8 Å². The molecule has 4 nitrogen and oxygen atoms in total. The molecule has 1 fully saturated rings. The van der Waals surface area contributed by atoms with E-state index < -0.39 is 11.7 Å². The Morgan fingerprint density at radius 2 is 1.92 bits per heavy atom. The van der Waals surface area contributed by atoms with Crippen molar-refractivity contribution in [3.05, 3.63) is 29.8 Å². The summed E-state index contributed by atoms with van der Waals surface area (Å²) in [5.74, 6) is 0.481. The number of hydrogen-bond acceptors (Lipinski definition) is 2. The first-order valence-electron chi connectivity index (χ1n) is 8.08. The van der Waals surface area contributed by atoms with Crippen LogP contribution in [0.4, 0.5) is 18.9 Å². The molecule has 1 aromatic rings. The fraction of sp³-hybridized carbons (Fsp3) is 0.529. The predicted octanol–water partition coefficient (Wildman–Crippen LogP) is 4.32. The molecule has 0 radical (unpaired) electrons. The lowest BCUT2D eigenvalue weighted by atomic mass is 9.84. The van der Waals surface area contributed by atoms with Gasteiger partial charge in [-0.1, -0.05) is 31.4 Å². The number of halogens is 3. The molecule has 0 aliphatic heterocycles. The molecule has 1 aromatic carbocycles. The highest BCUT2D eigenvalue weighted by Crippen LogP contribution is 2.36. The number of nitrogens with zero attached hydrogens (tertiary/aromatic N) is 2. The van der Waals surface area contributed by atoms with Crippen LogP contribution in [0.5, 0.6) is 0 Å². The maximum atomic E-state index is 13.1. The quantitative estimate of drug-likeness (QED) is 0.373. The van der Waals surface area contributed by atoms with Crippen LogP contribution >= 0.6 is 0 Å². The Labute approximate surface area is 139 Å². The van der Waals surface area contributed by atoms with Crippen molar-refractivity contribution < 1.29 is 13.2 Å². The summed E-state index contributed by atoms with van der Waals surface area (Å²) in [4.78, 5) is 4.00. The number of aliphatic imine (C=N–C) groups is 1. The number of alkyl halides is 3. The van der Waals surface area contributed by atoms with E-state index in [9.17, 15) is 13.2 Å². The highest BCUT2D eigenvalue weighted by atomic mass is 19.4. The molecule has 2 rings (SSSR count). The summed E-state index contributed by atoms with van der Waals surface area (Å²) in [6.07, 6.45) is 2.93. The first kappa shape index (κ1) is 18.1. The van der Waals surface area contributed by atoms with E-state index >= 15 is 0 Å². The van der Waals surface area contributed by atoms with Crippen molar-refractivity contribution in [2.24, 2.45) is 10.9 Å². The van der Waals surface area contributed by atoms with Crippen LogP contribution in [0.25, 0.3) is 0 Å². The summed E-state index contributed by atoms with van der Waals surface area (Å²) < 4.78 is 39.2. The summed E-state index contributed by atoms with van der Waals surface area (Å²) in [7, 11) is 0. The lowest BCUT2D eigenvalue weighted by Gasteiger charge is -2.29. The second-order valence-corrected chi connectivity index (χ2v) is 6.04. The molecule has 0 aromatic heterocycles. The van der Waals surface area contributed by atoms with Crippen LogP contribution in [-0.2, 0) is 6.18 Å². The Morgan fingerprint density at radius 1 is 1.25 bits per heavy atom. The van der Waals surface area contributed by atoms with Gasteiger partial charge in [-0.15, -0.1) is 0 Å². The number of hydrogen-bond donors (Lipinski definition) is 2. The number of guanidine groups is 1. The van der Waals surface area contributed by atoms with Crippen molar-refractivity contribution in [3.63, 3.8) is 0 Å². The maximum absolute atomic E-state index is 13.1. The van der Waals surface area contributed by atoms with Crippen LogP contribution < -0.4 is 10.6 Å². The molecular formula is C17H21F3N4. The third kappa shape index (κ3) is 4.88. The van der Waals surface area contributed by atoms with Gasteiger partial charge in [-0.3, -0.25) is 5.32 Å². The number of benzene rings is 1. The van der Waals surface area contributed by atoms with E-state index in [4.69, 9.17) is 5.26 Å². The predicted molar refractivity (Wildman–Crippen MR) is 86.5 cm³/mol. The number of nitrogens with one attached hydrogen (secondary N) is 2. The van der Waals surface area contributed by atoms with Crippen molar-refractivity contribution >= 4 is 11.6 Å². The average molecular weight is 338 g/mol. The minimum atomic E-state index is -4.49. The SMILES string of the molecule is CC(N/C(=N/c1ccccc1C(F)(F)F)NC#N)C1CCCCC1. The molecule has 1 atom stereocenters. The van der Waals surface area contributed by atoms with Crippen LogP contribution in [0.3, 0.4) is 0 Å². The lowest BCUT2D eigenvalue weighted by Crippen LogP contribution is -2.44. The van der Waals surface area contributed by atoms with E-state index in [0.29, 0.717) is 5.92 Å². The van der Waals surface area contributed by atoms with Gasteiger partial charge in [0.2, 0.25) is 5.96 Å². The molecule has 0 heterocycles. The van der Waals surface area contributed by atoms with E-state index in [1.165, 1.54) is 24.6 Å². The van der Waals surface area contributed by atoms with Crippen LogP contribution in [-0.4, -0.2) is 12.0 Å². The van der Waals surface area contributed by atoms with Gasteiger partial charge in [-0.25, -0.2) is 4.99 Å². The summed E-state index contributed by atoms with van der Waals surface area (Å²) in [6.45, 7) is 1.97. The van der Waals surface area contributed by atoms with E-state index in [2.05, 4.69) is 15.6 Å². The molecule has 2 N–H and O–H groups in total. The van der Waals surface area contributed by atoms with E-state index in [1.807, 2.05) is 6.92 Å². The zero-order chi connectivity index (χ0) is 17.6. The van der Waals surface area contributed by atoms with Gasteiger partial charge in [0.1, 0.15) is 0 Å². The van der Waals surface area contributed by atoms with Gasteiger partial charge in [0.25, 0.3) is 0 Å². The fourth-order valence-electron chi connectivity index (χ4n) is 3.05. The van der Waals surface area contributed by atoms with Crippen molar-refractivity contribution in [2.75, 3.05) is 0 Å². The van der Waals surface area contributed by atoms with Crippen molar-refractivity contribution in [3.8, 4) is 6.19 Å². The molecule has 0 bridgehead atoms. The van der Waals surface area contributed by atoms with E-state index in [0.717, 1.165) is 31.7 Å². The van der Waals surface area contributed by atoms with Gasteiger partial charge in [0, 0.05) is 6.04 Å². The van der Waals surface area contributed by atoms with Crippen molar-refractivity contribution in [2.45, 2.75) is 51.2 Å². The number of nitriles is 1. The van der Waals surface area contributed by atoms with Gasteiger partial charge in [0.05, 0.1) is 11.3 Å². The third-order valence-electron chi connectivity index (χ3n) is 4.34. The van der Waals surface area contributed by atoms with E-state index in [1.54, 1.807) is 6.19 Å². The molecule has 1 aliphatic carbocycles. The highest BCUT2D eigenvalue weighted by Gasteiger charge is 2.33. The monoisotopic (exact) mass is 338 g/mol. The zero-order valence-corrected chi connectivity index (χ0v) is 13.5. The molecule has 0 saturated heterocycles. The topological polar surface area (TPSA) is 60.2 Å². The molecule has 0 spiro atoms. The molecular weight excluding hydrogens is 317 g/mol. The largest absolute Gasteiger partial charge is 0.418 e. The first-order chi connectivity index (χ1) is 11.4. The fourth-order valence-corrected chi connectivity index (χ4v) is 3.05. The van der Waals surface area contributed by atoms with E-state index in [-0.39, 0.29) is 17.7 Å². The van der Waals surface area contributed by atoms with Crippen LogP contribution in [0.15, 0.2) is 29.3 Å². The molecule has 130 valence electrons. The second-order valence-electron chi connectivity index (χ2n) is 6.04. The number of para-hydroxylation sites is 1. The Morgan fingerprint density at radius 3 is 2.54 bits per heavy atom. The standard InChI is InChI=1S/C17H21F3N4/c1-12(13-7-3-2-4-8-13)23-16(22-11-21)24-15-10-6-5-9-14(15)17(18,19)20/h5-6,9-10,12-13H,2-4,7-8H2,1H3,(H2,22,23,24). The zero-order valence-electron chi connectivity index (χ0n) is 13.5. The second kappa shape index (κ2) is 8.04. The van der Waals surface area contributed by atoms with Gasteiger partial charge in [-0.2, -0.15) is 18.4 Å². The van der Waals surface area contributed by atoms with Crippen molar-refractivity contribution in [1.82, 2.24) is 10.6 Å². The molecule has 1 aliphatic rings.